The summed E-state index contributed by atoms with van der Waals surface area (Å²) in [6, 6.07) is 12.7. The number of anilines is 2. The summed E-state index contributed by atoms with van der Waals surface area (Å²) in [7, 11) is 4.32. The van der Waals surface area contributed by atoms with Gasteiger partial charge in [-0.1, -0.05) is 23.7 Å². The topological polar surface area (TPSA) is 38.8 Å². The fourth-order valence-electron chi connectivity index (χ4n) is 4.40. The average Bonchev–Trinajstić information content (AvgIpc) is 2.69. The second kappa shape index (κ2) is 8.34. The molecule has 29 heavy (non-hydrogen) atoms. The third-order valence-corrected chi connectivity index (χ3v) is 6.35. The van der Waals surface area contributed by atoms with Crippen LogP contribution in [-0.4, -0.2) is 62.5 Å². The van der Waals surface area contributed by atoms with Crippen LogP contribution in [0.4, 0.5) is 11.4 Å². The molecule has 1 N–H and O–H groups in total. The molecule has 1 atom stereocenters. The molecule has 0 bridgehead atoms. The number of benzene rings is 2. The number of hydrogen-bond acceptors (Lipinski definition) is 4. The number of nitrogens with one attached hydrogen (secondary N) is 1. The molecule has 4 rings (SSSR count). The molecule has 0 aromatic heterocycles. The Balaban J connectivity index is 1.68. The average molecular weight is 413 g/mol. The quantitative estimate of drug-likeness (QED) is 0.835. The summed E-state index contributed by atoms with van der Waals surface area (Å²) in [4.78, 5) is 18.5. The lowest BCUT2D eigenvalue weighted by Gasteiger charge is -2.37. The van der Waals surface area contributed by atoms with E-state index >= 15 is 0 Å². The highest BCUT2D eigenvalue weighted by Crippen LogP contribution is 2.39. The number of carbonyl (C=O) groups excluding carboxylic acids is 1. The number of halogens is 1. The normalized spacial score (nSPS) is 20.4. The first-order chi connectivity index (χ1) is 13.9. The van der Waals surface area contributed by atoms with Crippen molar-refractivity contribution in [1.29, 1.82) is 0 Å². The Hall–Kier alpha value is -2.08. The van der Waals surface area contributed by atoms with Crippen LogP contribution in [0.1, 0.15) is 29.5 Å². The van der Waals surface area contributed by atoms with E-state index in [2.05, 4.69) is 58.4 Å². The van der Waals surface area contributed by atoms with Gasteiger partial charge in [-0.15, -0.1) is 0 Å². The minimum Gasteiger partial charge on any atom is -0.369 e. The van der Waals surface area contributed by atoms with Crippen molar-refractivity contribution in [1.82, 2.24) is 9.80 Å². The van der Waals surface area contributed by atoms with E-state index in [9.17, 15) is 4.79 Å². The number of likely N-dealkylation sites (N-methyl/N-ethyl adjacent to an activating group) is 2. The second-order valence-electron chi connectivity index (χ2n) is 8.34. The number of fused-ring (bicyclic) bond motifs is 1. The van der Waals surface area contributed by atoms with Gasteiger partial charge in [-0.25, -0.2) is 0 Å². The van der Waals surface area contributed by atoms with E-state index < -0.39 is 0 Å². The smallest absolute Gasteiger partial charge is 0.221 e. The van der Waals surface area contributed by atoms with E-state index in [1.165, 1.54) is 29.3 Å². The van der Waals surface area contributed by atoms with Crippen molar-refractivity contribution in [2.75, 3.05) is 57.0 Å². The molecule has 2 aromatic carbocycles. The van der Waals surface area contributed by atoms with E-state index in [4.69, 9.17) is 11.6 Å². The van der Waals surface area contributed by atoms with Gasteiger partial charge in [-0.05, 0) is 55.1 Å². The van der Waals surface area contributed by atoms with Gasteiger partial charge in [0.15, 0.2) is 0 Å². The van der Waals surface area contributed by atoms with Crippen LogP contribution in [0.5, 0.6) is 0 Å². The first-order valence-electron chi connectivity index (χ1n) is 10.2. The van der Waals surface area contributed by atoms with Crippen molar-refractivity contribution >= 4 is 28.9 Å². The maximum atomic E-state index is 11.3. The fourth-order valence-corrected chi connectivity index (χ4v) is 4.68. The summed E-state index contributed by atoms with van der Waals surface area (Å²) in [6.45, 7) is 7.56. The van der Waals surface area contributed by atoms with Crippen molar-refractivity contribution < 1.29 is 4.79 Å². The van der Waals surface area contributed by atoms with E-state index in [1.54, 1.807) is 0 Å². The van der Waals surface area contributed by atoms with Gasteiger partial charge in [0.25, 0.3) is 0 Å². The van der Waals surface area contributed by atoms with Crippen molar-refractivity contribution in [2.24, 2.45) is 0 Å². The maximum Gasteiger partial charge on any atom is 0.221 e. The highest BCUT2D eigenvalue weighted by Gasteiger charge is 2.28. The number of nitrogens with zero attached hydrogens (tertiary/aromatic N) is 3. The predicted octanol–water partition coefficient (Wildman–Crippen LogP) is 3.63. The van der Waals surface area contributed by atoms with Crippen molar-refractivity contribution in [3.05, 3.63) is 58.1 Å². The van der Waals surface area contributed by atoms with Gasteiger partial charge in [-0.3, -0.25) is 4.79 Å². The highest BCUT2D eigenvalue weighted by atomic mass is 35.5. The van der Waals surface area contributed by atoms with E-state index in [0.717, 1.165) is 50.0 Å². The molecule has 1 saturated heterocycles. The third kappa shape index (κ3) is 4.42. The van der Waals surface area contributed by atoms with Crippen molar-refractivity contribution in [3.63, 3.8) is 0 Å². The zero-order valence-electron chi connectivity index (χ0n) is 17.4. The van der Waals surface area contributed by atoms with E-state index in [-0.39, 0.29) is 11.8 Å². The van der Waals surface area contributed by atoms with Crippen LogP contribution in [0.2, 0.25) is 5.02 Å². The van der Waals surface area contributed by atoms with Crippen LogP contribution < -0.4 is 10.2 Å². The minimum absolute atomic E-state index is 0.0518. The third-order valence-electron chi connectivity index (χ3n) is 6.01. The Morgan fingerprint density at radius 1 is 1.03 bits per heavy atom. The Morgan fingerprint density at radius 2 is 1.72 bits per heavy atom. The lowest BCUT2D eigenvalue weighted by atomic mass is 9.84. The molecule has 2 aromatic rings. The Kier molecular flexibility index (Phi) is 5.81. The van der Waals surface area contributed by atoms with Crippen LogP contribution in [0.25, 0.3) is 0 Å². The molecular weight excluding hydrogens is 384 g/mol. The number of carbonyl (C=O) groups is 1. The zero-order valence-corrected chi connectivity index (χ0v) is 18.2. The first-order valence-corrected chi connectivity index (χ1v) is 10.6. The van der Waals surface area contributed by atoms with Gasteiger partial charge in [-0.2, -0.15) is 0 Å². The second-order valence-corrected chi connectivity index (χ2v) is 8.75. The van der Waals surface area contributed by atoms with Crippen LogP contribution in [0, 0.1) is 0 Å². The molecule has 2 aliphatic heterocycles. The highest BCUT2D eigenvalue weighted by molar-refractivity contribution is 6.31. The van der Waals surface area contributed by atoms with Gasteiger partial charge in [0.05, 0.1) is 0 Å². The lowest BCUT2D eigenvalue weighted by molar-refractivity contribution is -0.114. The lowest BCUT2D eigenvalue weighted by Crippen LogP contribution is -2.44. The summed E-state index contributed by atoms with van der Waals surface area (Å²) in [5.41, 5.74) is 5.87. The molecule has 0 saturated carbocycles. The monoisotopic (exact) mass is 412 g/mol. The standard InChI is InChI=1S/C23H29ClN4O/c1-16(29)25-18-6-4-17(5-7-18)21-14-27(3)15-22-20(21)12-19(13-23(22)24)28-10-8-26(2)9-11-28/h4-7,12-13,21H,8-11,14-15H2,1-3H3,(H,25,29). The largest absolute Gasteiger partial charge is 0.369 e. The Morgan fingerprint density at radius 3 is 2.38 bits per heavy atom. The summed E-state index contributed by atoms with van der Waals surface area (Å²) in [6.07, 6.45) is 0. The zero-order chi connectivity index (χ0) is 20.5. The number of hydrogen-bond donors (Lipinski definition) is 1. The Bertz CT molecular complexity index is 890. The van der Waals surface area contributed by atoms with Gasteiger partial charge in [0.2, 0.25) is 5.91 Å². The number of rotatable bonds is 3. The van der Waals surface area contributed by atoms with Gasteiger partial charge in [0.1, 0.15) is 0 Å². The van der Waals surface area contributed by atoms with Crippen molar-refractivity contribution in [3.8, 4) is 0 Å². The molecule has 154 valence electrons. The molecule has 0 aliphatic carbocycles. The summed E-state index contributed by atoms with van der Waals surface area (Å²) in [5, 5.41) is 3.71. The minimum atomic E-state index is -0.0518. The van der Waals surface area contributed by atoms with Gasteiger partial charge < -0.3 is 20.0 Å². The molecule has 0 radical (unpaired) electrons. The molecule has 0 spiro atoms. The molecule has 6 heteroatoms. The summed E-state index contributed by atoms with van der Waals surface area (Å²) in [5.74, 6) is 0.212. The maximum absolute atomic E-state index is 11.3. The summed E-state index contributed by atoms with van der Waals surface area (Å²) < 4.78 is 0. The van der Waals surface area contributed by atoms with E-state index in [1.807, 2.05) is 12.1 Å². The predicted molar refractivity (Wildman–Crippen MR) is 120 cm³/mol. The Labute approximate surface area is 178 Å². The SMILES string of the molecule is CC(=O)Nc1ccc(C2CN(C)Cc3c(Cl)cc(N4CCN(C)CC4)cc32)cc1. The van der Waals surface area contributed by atoms with Crippen molar-refractivity contribution in [2.45, 2.75) is 19.4 Å². The molecule has 2 heterocycles. The van der Waals surface area contributed by atoms with Crippen LogP contribution in [0.3, 0.4) is 0 Å². The van der Waals surface area contributed by atoms with Crippen LogP contribution in [-0.2, 0) is 11.3 Å². The van der Waals surface area contributed by atoms with E-state index in [0.29, 0.717) is 0 Å². The number of amides is 1. The molecule has 2 aliphatic rings. The van der Waals surface area contributed by atoms with Gasteiger partial charge in [0, 0.05) is 68.5 Å². The molecule has 5 nitrogen and oxygen atoms in total. The first kappa shape index (κ1) is 20.2. The molecular formula is C23H29ClN4O. The number of piperazine rings is 1. The molecule has 1 amide bonds. The molecule has 1 fully saturated rings. The van der Waals surface area contributed by atoms with Gasteiger partial charge >= 0.3 is 0 Å². The van der Waals surface area contributed by atoms with Crippen LogP contribution in [0.15, 0.2) is 36.4 Å². The summed E-state index contributed by atoms with van der Waals surface area (Å²) >= 11 is 6.78. The van der Waals surface area contributed by atoms with Crippen LogP contribution >= 0.6 is 11.6 Å². The fraction of sp³-hybridized carbons (Fsp3) is 0.435. The molecule has 1 unspecified atom stereocenters.